The summed E-state index contributed by atoms with van der Waals surface area (Å²) in [6.07, 6.45) is 0. The molecule has 1 N–H and O–H groups in total. The van der Waals surface area contributed by atoms with Gasteiger partial charge in [-0.15, -0.1) is 0 Å². The predicted molar refractivity (Wildman–Crippen MR) is 96.5 cm³/mol. The average Bonchev–Trinajstić information content (AvgIpc) is 2.63. The normalized spacial score (nSPS) is 18.6. The van der Waals surface area contributed by atoms with Crippen molar-refractivity contribution in [1.29, 1.82) is 0 Å². The van der Waals surface area contributed by atoms with Gasteiger partial charge >= 0.3 is 5.97 Å². The minimum atomic E-state index is -4.27. The minimum Gasteiger partial charge on any atom is -0.480 e. The first-order valence-electron chi connectivity index (χ1n) is 8.25. The summed E-state index contributed by atoms with van der Waals surface area (Å²) >= 11 is 0. The predicted octanol–water partition coefficient (Wildman–Crippen LogP) is 2.86. The maximum Gasteiger partial charge on any atom is 0.330 e. The number of carboxylic acids is 1. The van der Waals surface area contributed by atoms with Crippen LogP contribution in [0, 0.1) is 0 Å². The molecule has 2 aromatic rings. The third kappa shape index (κ3) is 3.69. The lowest BCUT2D eigenvalue weighted by atomic mass is 10.1. The molecule has 144 valence electrons. The van der Waals surface area contributed by atoms with Crippen molar-refractivity contribution in [2.75, 3.05) is 13.2 Å². The zero-order valence-electron chi connectivity index (χ0n) is 14.9. The van der Waals surface area contributed by atoms with Gasteiger partial charge in [-0.1, -0.05) is 18.2 Å². The molecule has 1 fully saturated rings. The van der Waals surface area contributed by atoms with E-state index in [0.29, 0.717) is 11.5 Å². The Morgan fingerprint density at radius 3 is 2.00 bits per heavy atom. The number of hydrogen-bond donors (Lipinski definition) is 1. The molecule has 1 heterocycles. The minimum absolute atomic E-state index is 0.141. The first-order chi connectivity index (χ1) is 12.7. The topological polar surface area (TPSA) is 99.1 Å². The van der Waals surface area contributed by atoms with Gasteiger partial charge < -0.3 is 19.3 Å². The van der Waals surface area contributed by atoms with Crippen molar-refractivity contribution >= 4 is 15.8 Å². The van der Waals surface area contributed by atoms with Crippen LogP contribution in [0.5, 0.6) is 11.5 Å². The number of benzene rings is 2. The van der Waals surface area contributed by atoms with Gasteiger partial charge in [0, 0.05) is 0 Å². The molecule has 0 amide bonds. The van der Waals surface area contributed by atoms with Crippen LogP contribution < -0.4 is 4.74 Å². The van der Waals surface area contributed by atoms with Crippen molar-refractivity contribution in [3.63, 3.8) is 0 Å². The zero-order valence-corrected chi connectivity index (χ0v) is 15.7. The van der Waals surface area contributed by atoms with Crippen LogP contribution in [0.4, 0.5) is 0 Å². The summed E-state index contributed by atoms with van der Waals surface area (Å²) in [5.41, 5.74) is 0. The molecule has 0 saturated carbocycles. The number of carbonyl (C=O) groups is 1. The molecule has 3 rings (SSSR count). The van der Waals surface area contributed by atoms with E-state index in [1.165, 1.54) is 24.3 Å². The second-order valence-corrected chi connectivity index (χ2v) is 8.93. The van der Waals surface area contributed by atoms with E-state index in [9.17, 15) is 18.3 Å². The van der Waals surface area contributed by atoms with Crippen LogP contribution >= 0.6 is 0 Å². The molecule has 0 aliphatic carbocycles. The van der Waals surface area contributed by atoms with E-state index in [2.05, 4.69) is 0 Å². The highest BCUT2D eigenvalue weighted by Gasteiger charge is 2.56. The molecule has 0 aromatic heterocycles. The van der Waals surface area contributed by atoms with Gasteiger partial charge in [0.05, 0.1) is 18.1 Å². The number of para-hydroxylation sites is 1. The van der Waals surface area contributed by atoms with Crippen LogP contribution in [-0.4, -0.2) is 43.2 Å². The van der Waals surface area contributed by atoms with Crippen LogP contribution in [-0.2, 0) is 24.1 Å². The van der Waals surface area contributed by atoms with Crippen LogP contribution in [0.15, 0.2) is 59.5 Å². The summed E-state index contributed by atoms with van der Waals surface area (Å²) in [6, 6.07) is 14.6. The van der Waals surface area contributed by atoms with Crippen molar-refractivity contribution in [1.82, 2.24) is 0 Å². The second-order valence-electron chi connectivity index (χ2n) is 6.67. The van der Waals surface area contributed by atoms with Gasteiger partial charge in [-0.2, -0.15) is 0 Å². The zero-order chi connectivity index (χ0) is 19.7. The summed E-state index contributed by atoms with van der Waals surface area (Å²) in [7, 11) is -4.27. The molecule has 1 aliphatic rings. The SMILES string of the molecule is CC1(C)OCC(C(=O)O)(S(=O)(=O)c2ccc(Oc3ccccc3)cc2)CO1. The third-order valence-electron chi connectivity index (χ3n) is 4.32. The van der Waals surface area contributed by atoms with E-state index >= 15 is 0 Å². The number of rotatable bonds is 5. The summed E-state index contributed by atoms with van der Waals surface area (Å²) in [5, 5.41) is 9.64. The Labute approximate surface area is 157 Å². The molecule has 27 heavy (non-hydrogen) atoms. The molecule has 1 aliphatic heterocycles. The van der Waals surface area contributed by atoms with E-state index in [0.717, 1.165) is 0 Å². The highest BCUT2D eigenvalue weighted by Crippen LogP contribution is 2.35. The molecule has 0 radical (unpaired) electrons. The second kappa shape index (κ2) is 6.95. The standard InChI is InChI=1S/C19H20O7S/c1-18(2)24-12-19(13-25-18,17(20)21)27(22,23)16-10-8-15(9-11-16)26-14-6-4-3-5-7-14/h3-11H,12-13H2,1-2H3,(H,20,21). The monoisotopic (exact) mass is 392 g/mol. The van der Waals surface area contributed by atoms with Gasteiger partial charge in [0.1, 0.15) is 11.5 Å². The maximum atomic E-state index is 13.0. The quantitative estimate of drug-likeness (QED) is 0.835. The van der Waals surface area contributed by atoms with Crippen molar-refractivity contribution in [2.45, 2.75) is 29.3 Å². The van der Waals surface area contributed by atoms with Crippen LogP contribution in [0.1, 0.15) is 13.8 Å². The number of aliphatic carboxylic acids is 1. The van der Waals surface area contributed by atoms with E-state index in [-0.39, 0.29) is 4.90 Å². The molecule has 0 spiro atoms. The third-order valence-corrected chi connectivity index (χ3v) is 6.65. The fourth-order valence-corrected chi connectivity index (χ4v) is 4.20. The maximum absolute atomic E-state index is 13.0. The number of carboxylic acid groups (broad SMARTS) is 1. The van der Waals surface area contributed by atoms with E-state index < -0.39 is 39.6 Å². The molecule has 0 atom stereocenters. The fraction of sp³-hybridized carbons (Fsp3) is 0.316. The highest BCUT2D eigenvalue weighted by molar-refractivity contribution is 7.93. The van der Waals surface area contributed by atoms with Gasteiger partial charge in [-0.05, 0) is 50.2 Å². The van der Waals surface area contributed by atoms with Gasteiger partial charge in [0.15, 0.2) is 15.6 Å². The van der Waals surface area contributed by atoms with Crippen molar-refractivity contribution in [3.8, 4) is 11.5 Å². The smallest absolute Gasteiger partial charge is 0.330 e. The van der Waals surface area contributed by atoms with Gasteiger partial charge in [0.25, 0.3) is 0 Å². The van der Waals surface area contributed by atoms with Gasteiger partial charge in [0.2, 0.25) is 4.75 Å². The first-order valence-corrected chi connectivity index (χ1v) is 9.74. The molecular formula is C19H20O7S. The Bertz CT molecular complexity index is 908. The molecule has 2 aromatic carbocycles. The van der Waals surface area contributed by atoms with Crippen LogP contribution in [0.2, 0.25) is 0 Å². The molecular weight excluding hydrogens is 372 g/mol. The van der Waals surface area contributed by atoms with E-state index in [4.69, 9.17) is 14.2 Å². The summed E-state index contributed by atoms with van der Waals surface area (Å²) in [4.78, 5) is 11.7. The van der Waals surface area contributed by atoms with Gasteiger partial charge in [-0.25, -0.2) is 8.42 Å². The fourth-order valence-electron chi connectivity index (χ4n) is 2.59. The summed E-state index contributed by atoms with van der Waals surface area (Å²) in [6.45, 7) is 2.20. The Morgan fingerprint density at radius 2 is 1.48 bits per heavy atom. The lowest BCUT2D eigenvalue weighted by Gasteiger charge is -2.40. The number of hydrogen-bond acceptors (Lipinski definition) is 6. The lowest BCUT2D eigenvalue weighted by Crippen LogP contribution is -2.60. The Kier molecular flexibility index (Phi) is 4.98. The van der Waals surface area contributed by atoms with Gasteiger partial charge in [-0.3, -0.25) is 4.79 Å². The molecule has 1 saturated heterocycles. The molecule has 7 nitrogen and oxygen atoms in total. The van der Waals surface area contributed by atoms with Crippen LogP contribution in [0.25, 0.3) is 0 Å². The van der Waals surface area contributed by atoms with Crippen molar-refractivity contribution in [2.24, 2.45) is 0 Å². The van der Waals surface area contributed by atoms with E-state index in [1.807, 2.05) is 18.2 Å². The largest absolute Gasteiger partial charge is 0.480 e. The van der Waals surface area contributed by atoms with Crippen molar-refractivity contribution in [3.05, 3.63) is 54.6 Å². The molecule has 0 unspecified atom stereocenters. The Balaban J connectivity index is 1.88. The lowest BCUT2D eigenvalue weighted by molar-refractivity contribution is -0.255. The number of sulfone groups is 1. The number of ether oxygens (including phenoxy) is 3. The summed E-state index contributed by atoms with van der Waals surface area (Å²) in [5.74, 6) is -1.52. The first kappa shape index (κ1) is 19.3. The molecule has 8 heteroatoms. The average molecular weight is 392 g/mol. The Hall–Kier alpha value is -2.42. The highest BCUT2D eigenvalue weighted by atomic mass is 32.2. The molecule has 0 bridgehead atoms. The van der Waals surface area contributed by atoms with Crippen LogP contribution in [0.3, 0.4) is 0 Å². The van der Waals surface area contributed by atoms with Crippen molar-refractivity contribution < 1.29 is 32.5 Å². The van der Waals surface area contributed by atoms with E-state index in [1.54, 1.807) is 26.0 Å². The Morgan fingerprint density at radius 1 is 0.963 bits per heavy atom. The summed E-state index contributed by atoms with van der Waals surface area (Å²) < 4.78 is 40.2.